The number of amides is 2. The Labute approximate surface area is 167 Å². The van der Waals surface area contributed by atoms with Gasteiger partial charge >= 0.3 is 0 Å². The second kappa shape index (κ2) is 6.93. The van der Waals surface area contributed by atoms with E-state index in [0.29, 0.717) is 0 Å². The van der Waals surface area contributed by atoms with Crippen molar-refractivity contribution >= 4 is 63.6 Å². The molecule has 0 bridgehead atoms. The van der Waals surface area contributed by atoms with Gasteiger partial charge in [-0.25, -0.2) is 0 Å². The van der Waals surface area contributed by atoms with Crippen LogP contribution >= 0.6 is 35.0 Å². The molecule has 8 nitrogen and oxygen atoms in total. The number of hydrogen-bond acceptors (Lipinski definition) is 8. The molecule has 2 aromatic rings. The van der Waals surface area contributed by atoms with Gasteiger partial charge < -0.3 is 16.0 Å². The highest BCUT2D eigenvalue weighted by Crippen LogP contribution is 2.37. The van der Waals surface area contributed by atoms with E-state index in [1.807, 2.05) is 18.2 Å². The predicted molar refractivity (Wildman–Crippen MR) is 104 cm³/mol. The molecule has 0 radical (unpaired) electrons. The number of hydrogen-bond donors (Lipinski definition) is 4. The van der Waals surface area contributed by atoms with Crippen molar-refractivity contribution in [2.75, 3.05) is 10.9 Å². The van der Waals surface area contributed by atoms with Crippen LogP contribution in [0.2, 0.25) is 10.0 Å². The third kappa shape index (κ3) is 3.30. The van der Waals surface area contributed by atoms with Crippen LogP contribution in [0.15, 0.2) is 29.3 Å². The van der Waals surface area contributed by atoms with Crippen molar-refractivity contribution in [2.24, 2.45) is 0 Å². The van der Waals surface area contributed by atoms with Gasteiger partial charge in [0, 0.05) is 6.20 Å². The summed E-state index contributed by atoms with van der Waals surface area (Å²) in [5.41, 5.74) is 11.3. The molecule has 27 heavy (non-hydrogen) atoms. The van der Waals surface area contributed by atoms with E-state index in [4.69, 9.17) is 23.2 Å². The molecule has 2 aliphatic heterocycles. The summed E-state index contributed by atoms with van der Waals surface area (Å²) in [6.45, 7) is -0.162. The fourth-order valence-electron chi connectivity index (χ4n) is 2.57. The molecule has 3 heterocycles. The normalized spacial score (nSPS) is 17.3. The standard InChI is InChI=1S/C16H11Cl2N5O3S/c17-8-5-19-11(13(18)14(8)24)6-23-15(25)12(27-16(23)26)4-7-1-2-9-10(3-7)21-22-20-9/h1-5,20-22H,6H2,(H,19,24)/b12-4-. The van der Waals surface area contributed by atoms with Crippen molar-refractivity contribution in [1.82, 2.24) is 15.4 Å². The minimum absolute atomic E-state index is 0.00742. The monoisotopic (exact) mass is 423 g/mol. The van der Waals surface area contributed by atoms with Crippen LogP contribution < -0.4 is 16.4 Å². The molecule has 0 spiro atoms. The second-order valence-electron chi connectivity index (χ2n) is 5.66. The topological polar surface area (TPSA) is 107 Å². The van der Waals surface area contributed by atoms with Gasteiger partial charge in [0.25, 0.3) is 11.1 Å². The Morgan fingerprint density at radius 2 is 2.00 bits per heavy atom. The molecule has 0 saturated carbocycles. The lowest BCUT2D eigenvalue weighted by molar-refractivity contribution is -0.123. The average Bonchev–Trinajstić information content (AvgIpc) is 3.21. The number of carbonyl (C=O) groups excluding carboxylic acids is 2. The summed E-state index contributed by atoms with van der Waals surface area (Å²) in [5.74, 6) is -0.791. The van der Waals surface area contributed by atoms with E-state index >= 15 is 0 Å². The fraction of sp³-hybridized carbons (Fsp3) is 0.0625. The first kappa shape index (κ1) is 17.9. The smallest absolute Gasteiger partial charge is 0.293 e. The highest BCUT2D eigenvalue weighted by atomic mass is 35.5. The number of pyridine rings is 1. The first-order chi connectivity index (χ1) is 12.9. The molecule has 11 heteroatoms. The van der Waals surface area contributed by atoms with Crippen LogP contribution in [0.4, 0.5) is 16.2 Å². The SMILES string of the molecule is O=C1S/C(=C\c2ccc3c(c2)NNN3)C(=O)N1Cc1ncc(Cl)c(O)c1Cl. The van der Waals surface area contributed by atoms with Crippen LogP contribution in [0, 0.1) is 0 Å². The molecule has 138 valence electrons. The van der Waals surface area contributed by atoms with Crippen molar-refractivity contribution in [2.45, 2.75) is 6.54 Å². The molecule has 1 aromatic carbocycles. The number of aromatic nitrogens is 1. The highest BCUT2D eigenvalue weighted by molar-refractivity contribution is 8.18. The summed E-state index contributed by atoms with van der Waals surface area (Å²) in [4.78, 5) is 30.2. The van der Waals surface area contributed by atoms with Crippen LogP contribution in [-0.4, -0.2) is 26.1 Å². The molecule has 1 aromatic heterocycles. The lowest BCUT2D eigenvalue weighted by Gasteiger charge is -2.13. The molecular formula is C16H11Cl2N5O3S. The molecule has 2 aliphatic rings. The zero-order chi connectivity index (χ0) is 19.1. The van der Waals surface area contributed by atoms with Gasteiger partial charge in [-0.05, 0) is 35.5 Å². The Bertz CT molecular complexity index is 1010. The molecule has 4 N–H and O–H groups in total. The van der Waals surface area contributed by atoms with Gasteiger partial charge in [-0.1, -0.05) is 29.3 Å². The lowest BCUT2D eigenvalue weighted by Crippen LogP contribution is -2.28. The maximum Gasteiger partial charge on any atom is 0.293 e. The van der Waals surface area contributed by atoms with Gasteiger partial charge in [-0.15, -0.1) is 5.53 Å². The van der Waals surface area contributed by atoms with Gasteiger partial charge in [-0.3, -0.25) is 19.5 Å². The Morgan fingerprint density at radius 1 is 1.22 bits per heavy atom. The van der Waals surface area contributed by atoms with Crippen molar-refractivity contribution in [3.8, 4) is 5.75 Å². The Hall–Kier alpha value is -2.46. The number of halogens is 2. The number of fused-ring (bicyclic) bond motifs is 1. The maximum atomic E-state index is 12.6. The molecule has 0 aliphatic carbocycles. The molecular weight excluding hydrogens is 413 g/mol. The van der Waals surface area contributed by atoms with Gasteiger partial charge in [0.05, 0.1) is 28.5 Å². The number of aromatic hydroxyl groups is 1. The van der Waals surface area contributed by atoms with E-state index in [2.05, 4.69) is 21.4 Å². The molecule has 1 fully saturated rings. The summed E-state index contributed by atoms with van der Waals surface area (Å²) in [5, 5.41) is 9.25. The average molecular weight is 424 g/mol. The number of carbonyl (C=O) groups is 2. The number of anilines is 2. The maximum absolute atomic E-state index is 12.6. The summed E-state index contributed by atoms with van der Waals surface area (Å²) >= 11 is 12.6. The number of benzene rings is 1. The Balaban J connectivity index is 1.58. The number of imide groups is 1. The number of thioether (sulfide) groups is 1. The molecule has 0 unspecified atom stereocenters. The van der Waals surface area contributed by atoms with Crippen molar-refractivity contribution in [1.29, 1.82) is 0 Å². The van der Waals surface area contributed by atoms with Crippen LogP contribution in [0.1, 0.15) is 11.3 Å². The number of rotatable bonds is 3. The van der Waals surface area contributed by atoms with Gasteiger partial charge in [-0.2, -0.15) is 0 Å². The first-order valence-corrected chi connectivity index (χ1v) is 9.19. The van der Waals surface area contributed by atoms with Gasteiger partial charge in [0.15, 0.2) is 5.75 Å². The van der Waals surface area contributed by atoms with E-state index in [1.54, 1.807) is 6.08 Å². The van der Waals surface area contributed by atoms with Crippen molar-refractivity contribution < 1.29 is 14.7 Å². The van der Waals surface area contributed by atoms with Crippen LogP contribution in [-0.2, 0) is 11.3 Å². The van der Waals surface area contributed by atoms with E-state index in [1.165, 1.54) is 6.20 Å². The summed E-state index contributed by atoms with van der Waals surface area (Å²) in [7, 11) is 0. The third-order valence-corrected chi connectivity index (χ3v) is 5.52. The predicted octanol–water partition coefficient (Wildman–Crippen LogP) is 3.59. The third-order valence-electron chi connectivity index (χ3n) is 3.94. The van der Waals surface area contributed by atoms with Crippen molar-refractivity contribution in [3.05, 3.63) is 50.6 Å². The summed E-state index contributed by atoms with van der Waals surface area (Å²) in [6.07, 6.45) is 2.85. The van der Waals surface area contributed by atoms with Crippen LogP contribution in [0.25, 0.3) is 6.08 Å². The quantitative estimate of drug-likeness (QED) is 0.554. The van der Waals surface area contributed by atoms with Crippen LogP contribution in [0.5, 0.6) is 5.75 Å². The molecule has 1 saturated heterocycles. The van der Waals surface area contributed by atoms with E-state index in [-0.39, 0.29) is 32.9 Å². The second-order valence-corrected chi connectivity index (χ2v) is 7.44. The minimum Gasteiger partial charge on any atom is -0.505 e. The largest absolute Gasteiger partial charge is 0.505 e. The van der Waals surface area contributed by atoms with Gasteiger partial charge in [0.1, 0.15) is 10.0 Å². The van der Waals surface area contributed by atoms with Crippen molar-refractivity contribution in [3.63, 3.8) is 0 Å². The molecule has 2 amide bonds. The lowest BCUT2D eigenvalue weighted by atomic mass is 10.1. The molecule has 0 atom stereocenters. The zero-order valence-electron chi connectivity index (χ0n) is 13.4. The van der Waals surface area contributed by atoms with E-state index in [9.17, 15) is 14.7 Å². The highest BCUT2D eigenvalue weighted by Gasteiger charge is 2.36. The number of nitrogens with one attached hydrogen (secondary N) is 3. The zero-order valence-corrected chi connectivity index (χ0v) is 15.7. The fourth-order valence-corrected chi connectivity index (χ4v) is 3.81. The van der Waals surface area contributed by atoms with E-state index in [0.717, 1.165) is 33.6 Å². The number of nitrogens with zero attached hydrogens (tertiary/aromatic N) is 2. The number of hydrazine groups is 2. The van der Waals surface area contributed by atoms with Gasteiger partial charge in [0.2, 0.25) is 0 Å². The summed E-state index contributed by atoms with van der Waals surface area (Å²) in [6, 6.07) is 5.51. The van der Waals surface area contributed by atoms with E-state index < -0.39 is 11.1 Å². The minimum atomic E-state index is -0.456. The summed E-state index contributed by atoms with van der Waals surface area (Å²) < 4.78 is 0. The first-order valence-electron chi connectivity index (χ1n) is 7.62. The van der Waals surface area contributed by atoms with Crippen LogP contribution in [0.3, 0.4) is 0 Å². The molecule has 4 rings (SSSR count). The Kier molecular flexibility index (Phi) is 4.60. The Morgan fingerprint density at radius 3 is 2.81 bits per heavy atom.